The first-order chi connectivity index (χ1) is 12.6. The van der Waals surface area contributed by atoms with Gasteiger partial charge in [-0.25, -0.2) is 0 Å². The summed E-state index contributed by atoms with van der Waals surface area (Å²) in [6.07, 6.45) is 3.05. The maximum atomic E-state index is 12.1. The molecule has 2 amide bonds. The Morgan fingerprint density at radius 2 is 1.73 bits per heavy atom. The second-order valence-electron chi connectivity index (χ2n) is 6.76. The fourth-order valence-electron chi connectivity index (χ4n) is 3.05. The van der Waals surface area contributed by atoms with Crippen molar-refractivity contribution in [2.24, 2.45) is 0 Å². The van der Waals surface area contributed by atoms with Crippen LogP contribution < -0.4 is 10.6 Å². The van der Waals surface area contributed by atoms with E-state index in [1.807, 2.05) is 25.1 Å². The van der Waals surface area contributed by atoms with Crippen LogP contribution in [0.5, 0.6) is 0 Å². The highest BCUT2D eigenvalue weighted by Gasteiger charge is 2.22. The molecule has 6 heteroatoms. The number of benzene rings is 1. The Bertz CT molecular complexity index is 596. The first-order valence-corrected chi connectivity index (χ1v) is 9.45. The Kier molecular flexibility index (Phi) is 8.28. The quantitative estimate of drug-likeness (QED) is 0.659. The largest absolute Gasteiger partial charge is 0.355 e. The van der Waals surface area contributed by atoms with E-state index in [9.17, 15) is 14.4 Å². The predicted octanol–water partition coefficient (Wildman–Crippen LogP) is 1.76. The molecule has 2 N–H and O–H groups in total. The molecule has 0 aliphatic carbocycles. The van der Waals surface area contributed by atoms with Crippen LogP contribution in [0.15, 0.2) is 30.3 Å². The molecule has 26 heavy (non-hydrogen) atoms. The topological polar surface area (TPSA) is 78.5 Å². The summed E-state index contributed by atoms with van der Waals surface area (Å²) in [4.78, 5) is 38.0. The van der Waals surface area contributed by atoms with Crippen LogP contribution in [0.4, 0.5) is 0 Å². The fraction of sp³-hybridized carbons (Fsp3) is 0.550. The second-order valence-corrected chi connectivity index (χ2v) is 6.76. The molecular formula is C20H29N3O3. The summed E-state index contributed by atoms with van der Waals surface area (Å²) in [7, 11) is 0. The van der Waals surface area contributed by atoms with Crippen molar-refractivity contribution >= 4 is 17.6 Å². The summed E-state index contributed by atoms with van der Waals surface area (Å²) < 4.78 is 0. The number of carbonyl (C=O) groups is 3. The Balaban J connectivity index is 1.63. The Morgan fingerprint density at radius 1 is 1.04 bits per heavy atom. The third-order valence-corrected chi connectivity index (χ3v) is 4.57. The summed E-state index contributed by atoms with van der Waals surface area (Å²) >= 11 is 0. The van der Waals surface area contributed by atoms with Gasteiger partial charge in [0.2, 0.25) is 11.8 Å². The monoisotopic (exact) mass is 359 g/mol. The van der Waals surface area contributed by atoms with Crippen molar-refractivity contribution in [2.75, 3.05) is 26.2 Å². The third kappa shape index (κ3) is 6.96. The van der Waals surface area contributed by atoms with Crippen LogP contribution in [0.2, 0.25) is 0 Å². The molecule has 1 heterocycles. The maximum absolute atomic E-state index is 12.1. The predicted molar refractivity (Wildman–Crippen MR) is 101 cm³/mol. The molecule has 1 fully saturated rings. The van der Waals surface area contributed by atoms with Crippen LogP contribution >= 0.6 is 0 Å². The van der Waals surface area contributed by atoms with Crippen LogP contribution in [-0.4, -0.2) is 54.7 Å². The van der Waals surface area contributed by atoms with Crippen molar-refractivity contribution < 1.29 is 14.4 Å². The lowest BCUT2D eigenvalue weighted by Gasteiger charge is -2.31. The van der Waals surface area contributed by atoms with Crippen molar-refractivity contribution in [3.8, 4) is 0 Å². The number of likely N-dealkylation sites (tertiary alicyclic amines) is 1. The van der Waals surface area contributed by atoms with Gasteiger partial charge >= 0.3 is 0 Å². The van der Waals surface area contributed by atoms with Gasteiger partial charge in [-0.05, 0) is 19.3 Å². The molecule has 0 atom stereocenters. The zero-order chi connectivity index (χ0) is 18.8. The lowest BCUT2D eigenvalue weighted by atomic mass is 10.0. The Labute approximate surface area is 155 Å². The number of carbonyl (C=O) groups excluding carboxylic acids is 3. The second kappa shape index (κ2) is 10.7. The van der Waals surface area contributed by atoms with Crippen molar-refractivity contribution in [3.05, 3.63) is 35.9 Å². The normalized spacial score (nSPS) is 15.4. The number of Topliss-reactive ketones (excluding diaryl/α,β-unsaturated/α-hetero) is 1. The van der Waals surface area contributed by atoms with E-state index in [1.165, 1.54) is 0 Å². The molecule has 1 aromatic rings. The van der Waals surface area contributed by atoms with Crippen LogP contribution in [0.25, 0.3) is 0 Å². The smallest absolute Gasteiger partial charge is 0.234 e. The average Bonchev–Trinajstić information content (AvgIpc) is 2.66. The number of nitrogens with zero attached hydrogens (tertiary/aromatic N) is 1. The van der Waals surface area contributed by atoms with Gasteiger partial charge in [-0.2, -0.15) is 0 Å². The molecular weight excluding hydrogens is 330 g/mol. The van der Waals surface area contributed by atoms with Crippen LogP contribution in [0.3, 0.4) is 0 Å². The molecule has 0 saturated carbocycles. The molecule has 0 aromatic heterocycles. The van der Waals surface area contributed by atoms with Crippen LogP contribution in [0.1, 0.15) is 49.4 Å². The van der Waals surface area contributed by atoms with E-state index >= 15 is 0 Å². The highest BCUT2D eigenvalue weighted by atomic mass is 16.2. The molecule has 0 spiro atoms. The number of ketones is 1. The van der Waals surface area contributed by atoms with Crippen molar-refractivity contribution in [3.63, 3.8) is 0 Å². The van der Waals surface area contributed by atoms with Crippen LogP contribution in [-0.2, 0) is 9.59 Å². The Morgan fingerprint density at radius 3 is 2.38 bits per heavy atom. The lowest BCUT2D eigenvalue weighted by Crippen LogP contribution is -2.47. The molecule has 6 nitrogen and oxygen atoms in total. The van der Waals surface area contributed by atoms with Crippen molar-refractivity contribution in [2.45, 2.75) is 45.1 Å². The summed E-state index contributed by atoms with van der Waals surface area (Å²) in [5.74, 6) is -0.0177. The molecule has 0 unspecified atom stereocenters. The zero-order valence-corrected chi connectivity index (χ0v) is 15.5. The highest BCUT2D eigenvalue weighted by Crippen LogP contribution is 2.11. The van der Waals surface area contributed by atoms with Gasteiger partial charge < -0.3 is 10.6 Å². The third-order valence-electron chi connectivity index (χ3n) is 4.57. The van der Waals surface area contributed by atoms with Gasteiger partial charge in [-0.15, -0.1) is 0 Å². The standard InChI is InChI=1S/C20H29N3O3/c1-2-12-21-20(26)15-23-13-10-17(11-14-23)22-19(25)9-8-18(24)16-6-4-3-5-7-16/h3-7,17H,2,8-15H2,1H3,(H,21,26)(H,22,25). The molecule has 1 aromatic carbocycles. The fourth-order valence-corrected chi connectivity index (χ4v) is 3.05. The minimum Gasteiger partial charge on any atom is -0.355 e. The average molecular weight is 359 g/mol. The minimum absolute atomic E-state index is 0.00587. The van der Waals surface area contributed by atoms with E-state index in [2.05, 4.69) is 15.5 Å². The van der Waals surface area contributed by atoms with Gasteiger partial charge in [-0.1, -0.05) is 37.3 Å². The van der Waals surface area contributed by atoms with E-state index in [0.29, 0.717) is 18.7 Å². The van der Waals surface area contributed by atoms with Gasteiger partial charge in [0.05, 0.1) is 6.54 Å². The summed E-state index contributed by atoms with van der Waals surface area (Å²) in [5, 5.41) is 5.90. The molecule has 2 rings (SSSR count). The number of rotatable bonds is 9. The number of hydrogen-bond donors (Lipinski definition) is 2. The molecule has 1 aliphatic rings. The first kappa shape index (κ1) is 20.1. The molecule has 1 saturated heterocycles. The number of hydrogen-bond acceptors (Lipinski definition) is 4. The van der Waals surface area contributed by atoms with Gasteiger partial charge in [0.1, 0.15) is 0 Å². The van der Waals surface area contributed by atoms with Crippen molar-refractivity contribution in [1.29, 1.82) is 0 Å². The minimum atomic E-state index is -0.0755. The maximum Gasteiger partial charge on any atom is 0.234 e. The van der Waals surface area contributed by atoms with Crippen molar-refractivity contribution in [1.82, 2.24) is 15.5 Å². The zero-order valence-electron chi connectivity index (χ0n) is 15.5. The van der Waals surface area contributed by atoms with E-state index in [0.717, 1.165) is 32.4 Å². The molecule has 142 valence electrons. The van der Waals surface area contributed by atoms with Gasteiger partial charge in [0.15, 0.2) is 5.78 Å². The molecule has 0 bridgehead atoms. The van der Waals surface area contributed by atoms with Gasteiger partial charge in [0, 0.05) is 44.1 Å². The van der Waals surface area contributed by atoms with E-state index < -0.39 is 0 Å². The van der Waals surface area contributed by atoms with E-state index in [4.69, 9.17) is 0 Å². The van der Waals surface area contributed by atoms with E-state index in [-0.39, 0.29) is 36.5 Å². The summed E-state index contributed by atoms with van der Waals surface area (Å²) in [6, 6.07) is 9.18. The molecule has 1 aliphatic heterocycles. The van der Waals surface area contributed by atoms with Gasteiger partial charge in [0.25, 0.3) is 0 Å². The highest BCUT2D eigenvalue weighted by molar-refractivity contribution is 5.97. The molecule has 0 radical (unpaired) electrons. The number of nitrogens with one attached hydrogen (secondary N) is 2. The number of piperidine rings is 1. The van der Waals surface area contributed by atoms with Crippen LogP contribution in [0, 0.1) is 0 Å². The Hall–Kier alpha value is -2.21. The number of amides is 2. The summed E-state index contributed by atoms with van der Waals surface area (Å²) in [5.41, 5.74) is 0.648. The lowest BCUT2D eigenvalue weighted by molar-refractivity contribution is -0.124. The van der Waals surface area contributed by atoms with E-state index in [1.54, 1.807) is 12.1 Å². The summed E-state index contributed by atoms with van der Waals surface area (Å²) in [6.45, 7) is 4.77. The SMILES string of the molecule is CCCNC(=O)CN1CCC(NC(=O)CCC(=O)c2ccccc2)CC1. The first-order valence-electron chi connectivity index (χ1n) is 9.45. The van der Waals surface area contributed by atoms with Gasteiger partial charge in [-0.3, -0.25) is 19.3 Å².